The molecule has 0 bridgehead atoms. The molecule has 3 atom stereocenters. The molecular weight excluding hydrogens is 254 g/mol. The van der Waals surface area contributed by atoms with Gasteiger partial charge in [0.15, 0.2) is 21.3 Å². The van der Waals surface area contributed by atoms with Gasteiger partial charge in [0.1, 0.15) is 0 Å². The molecule has 1 saturated carbocycles. The average Bonchev–Trinajstić information content (AvgIpc) is 2.90. The van der Waals surface area contributed by atoms with E-state index in [0.29, 0.717) is 11.5 Å². The predicted octanol–water partition coefficient (Wildman–Crippen LogP) is 1.07. The highest BCUT2D eigenvalue weighted by atomic mass is 32.2. The lowest BCUT2D eigenvalue weighted by Crippen LogP contribution is -2.06. The van der Waals surface area contributed by atoms with Crippen molar-refractivity contribution >= 4 is 9.84 Å². The third-order valence-electron chi connectivity index (χ3n) is 3.38. The average molecular weight is 265 g/mol. The number of ether oxygens (including phenoxy) is 2. The molecule has 1 aliphatic carbocycles. The fourth-order valence-corrected chi connectivity index (χ4v) is 4.02. The number of benzene rings is 1. The van der Waals surface area contributed by atoms with E-state index in [9.17, 15) is 8.42 Å². The van der Waals surface area contributed by atoms with Crippen molar-refractivity contribution in [2.75, 3.05) is 13.0 Å². The maximum Gasteiger partial charge on any atom is 0.231 e. The van der Waals surface area contributed by atoms with Gasteiger partial charge in [0, 0.05) is 12.2 Å². The largest absolute Gasteiger partial charge is 0.454 e. The van der Waals surface area contributed by atoms with E-state index in [-0.39, 0.29) is 12.7 Å². The fraction of sp³-hybridized carbons (Fsp3) is 0.417. The molecule has 1 aliphatic heterocycles. The zero-order chi connectivity index (χ0) is 12.9. The highest BCUT2D eigenvalue weighted by Crippen LogP contribution is 2.53. The summed E-state index contributed by atoms with van der Waals surface area (Å²) in [4.78, 5) is 0. The van der Waals surface area contributed by atoms with Crippen molar-refractivity contribution in [2.45, 2.75) is 11.2 Å². The van der Waals surface area contributed by atoms with E-state index < -0.39 is 21.0 Å². The molecule has 0 unspecified atom stereocenters. The summed E-state index contributed by atoms with van der Waals surface area (Å²) < 4.78 is 33.6. The van der Waals surface area contributed by atoms with Gasteiger partial charge in [0.05, 0.1) is 17.2 Å². The molecule has 0 N–H and O–H groups in total. The van der Waals surface area contributed by atoms with Crippen molar-refractivity contribution in [1.82, 2.24) is 0 Å². The van der Waals surface area contributed by atoms with Crippen LogP contribution in [0.2, 0.25) is 0 Å². The molecular formula is C12H11NO4S. The Morgan fingerprint density at radius 2 is 2.06 bits per heavy atom. The smallest absolute Gasteiger partial charge is 0.231 e. The summed E-state index contributed by atoms with van der Waals surface area (Å²) >= 11 is 0. The minimum atomic E-state index is -3.20. The second kappa shape index (κ2) is 3.62. The van der Waals surface area contributed by atoms with Gasteiger partial charge in [-0.2, -0.15) is 5.26 Å². The van der Waals surface area contributed by atoms with Crippen LogP contribution in [-0.2, 0) is 9.84 Å². The number of nitrogens with zero attached hydrogens (tertiary/aromatic N) is 1. The number of rotatable bonds is 2. The number of hydrogen-bond donors (Lipinski definition) is 0. The lowest BCUT2D eigenvalue weighted by Gasteiger charge is -2.01. The summed E-state index contributed by atoms with van der Waals surface area (Å²) in [5, 5.41) is 8.40. The summed E-state index contributed by atoms with van der Waals surface area (Å²) in [6.07, 6.45) is 1.18. The van der Waals surface area contributed by atoms with Gasteiger partial charge in [-0.05, 0) is 17.7 Å². The van der Waals surface area contributed by atoms with Gasteiger partial charge in [-0.25, -0.2) is 8.42 Å². The maximum absolute atomic E-state index is 11.6. The summed E-state index contributed by atoms with van der Waals surface area (Å²) in [5.74, 6) is 0.562. The van der Waals surface area contributed by atoms with Gasteiger partial charge in [-0.1, -0.05) is 6.07 Å². The fourth-order valence-electron chi connectivity index (χ4n) is 2.49. The Morgan fingerprint density at radius 1 is 1.33 bits per heavy atom. The predicted molar refractivity (Wildman–Crippen MR) is 63.0 cm³/mol. The lowest BCUT2D eigenvalue weighted by molar-refractivity contribution is 0.174. The van der Waals surface area contributed by atoms with Crippen molar-refractivity contribution in [3.63, 3.8) is 0 Å². The first-order valence-corrected chi connectivity index (χ1v) is 7.46. The van der Waals surface area contributed by atoms with Crippen LogP contribution in [0, 0.1) is 17.2 Å². The first-order valence-electron chi connectivity index (χ1n) is 5.50. The molecule has 18 heavy (non-hydrogen) atoms. The highest BCUT2D eigenvalue weighted by molar-refractivity contribution is 7.91. The molecule has 6 heteroatoms. The van der Waals surface area contributed by atoms with Crippen LogP contribution in [0.4, 0.5) is 0 Å². The van der Waals surface area contributed by atoms with Crippen LogP contribution in [-0.4, -0.2) is 26.7 Å². The Morgan fingerprint density at radius 3 is 2.67 bits per heavy atom. The van der Waals surface area contributed by atoms with E-state index in [4.69, 9.17) is 14.7 Å². The molecule has 1 aromatic rings. The Bertz CT molecular complexity index is 647. The van der Waals surface area contributed by atoms with E-state index in [2.05, 4.69) is 6.07 Å². The molecule has 1 aromatic carbocycles. The molecule has 0 aromatic heterocycles. The minimum absolute atomic E-state index is 0.181. The molecule has 94 valence electrons. The monoisotopic (exact) mass is 265 g/mol. The molecule has 0 saturated heterocycles. The number of hydrogen-bond acceptors (Lipinski definition) is 5. The van der Waals surface area contributed by atoms with Crippen LogP contribution in [0.3, 0.4) is 0 Å². The van der Waals surface area contributed by atoms with Crippen LogP contribution >= 0.6 is 0 Å². The van der Waals surface area contributed by atoms with E-state index in [0.717, 1.165) is 5.56 Å². The molecule has 3 rings (SSSR count). The van der Waals surface area contributed by atoms with Gasteiger partial charge in [0.2, 0.25) is 6.79 Å². The lowest BCUT2D eigenvalue weighted by atomic mass is 10.1. The minimum Gasteiger partial charge on any atom is -0.454 e. The first kappa shape index (κ1) is 11.4. The standard InChI is InChI=1S/C12H11NO4S/c1-18(14,15)12-8(5-13)11(12)7-2-3-9-10(4-7)17-6-16-9/h2-4,8,11-12H,6H2,1H3/t8-,11+,12+/m1/s1. The van der Waals surface area contributed by atoms with Crippen LogP contribution < -0.4 is 9.47 Å². The van der Waals surface area contributed by atoms with Gasteiger partial charge < -0.3 is 9.47 Å². The van der Waals surface area contributed by atoms with Crippen LogP contribution in [0.25, 0.3) is 0 Å². The zero-order valence-corrected chi connectivity index (χ0v) is 10.5. The van der Waals surface area contributed by atoms with Gasteiger partial charge in [-0.3, -0.25) is 0 Å². The third-order valence-corrected chi connectivity index (χ3v) is 4.95. The third kappa shape index (κ3) is 1.63. The molecule has 0 amide bonds. The summed E-state index contributed by atoms with van der Waals surface area (Å²) in [5.41, 5.74) is 0.821. The normalized spacial score (nSPS) is 28.8. The Hall–Kier alpha value is -1.74. The Labute approximate surface area is 105 Å². The number of sulfone groups is 1. The quantitative estimate of drug-likeness (QED) is 0.799. The molecule has 0 radical (unpaired) electrons. The molecule has 1 fully saturated rings. The van der Waals surface area contributed by atoms with Crippen molar-refractivity contribution in [1.29, 1.82) is 5.26 Å². The molecule has 1 heterocycles. The summed E-state index contributed by atoms with van der Waals surface area (Å²) in [6, 6.07) is 7.38. The summed E-state index contributed by atoms with van der Waals surface area (Å²) in [7, 11) is -3.20. The van der Waals surface area contributed by atoms with E-state index in [1.54, 1.807) is 18.2 Å². The second-order valence-electron chi connectivity index (χ2n) is 4.59. The number of nitriles is 1. The topological polar surface area (TPSA) is 76.4 Å². The van der Waals surface area contributed by atoms with Crippen molar-refractivity contribution in [3.8, 4) is 17.6 Å². The SMILES string of the molecule is CS(=O)(=O)[C@H]1[C@H](C#N)[C@@H]1c1ccc2c(c1)OCO2. The zero-order valence-electron chi connectivity index (χ0n) is 9.66. The van der Waals surface area contributed by atoms with Crippen LogP contribution in [0.1, 0.15) is 11.5 Å². The van der Waals surface area contributed by atoms with Gasteiger partial charge in [0.25, 0.3) is 0 Å². The Kier molecular flexibility index (Phi) is 2.29. The van der Waals surface area contributed by atoms with E-state index >= 15 is 0 Å². The number of fused-ring (bicyclic) bond motifs is 1. The van der Waals surface area contributed by atoms with E-state index in [1.807, 2.05) is 0 Å². The van der Waals surface area contributed by atoms with Gasteiger partial charge in [-0.15, -0.1) is 0 Å². The Balaban J connectivity index is 1.95. The van der Waals surface area contributed by atoms with E-state index in [1.165, 1.54) is 6.26 Å². The van der Waals surface area contributed by atoms with Gasteiger partial charge >= 0.3 is 0 Å². The summed E-state index contributed by atoms with van der Waals surface area (Å²) in [6.45, 7) is 0.181. The maximum atomic E-state index is 11.6. The van der Waals surface area contributed by atoms with Crippen molar-refractivity contribution in [3.05, 3.63) is 23.8 Å². The first-order chi connectivity index (χ1) is 8.52. The molecule has 5 nitrogen and oxygen atoms in total. The highest BCUT2D eigenvalue weighted by Gasteiger charge is 2.57. The van der Waals surface area contributed by atoms with Crippen LogP contribution in [0.5, 0.6) is 11.5 Å². The van der Waals surface area contributed by atoms with Crippen LogP contribution in [0.15, 0.2) is 18.2 Å². The van der Waals surface area contributed by atoms with Crippen molar-refractivity contribution < 1.29 is 17.9 Å². The molecule has 2 aliphatic rings. The van der Waals surface area contributed by atoms with Crippen molar-refractivity contribution in [2.24, 2.45) is 5.92 Å². The second-order valence-corrected chi connectivity index (χ2v) is 6.79. The molecule has 0 spiro atoms.